The number of hydrogen-bond donors (Lipinski definition) is 1. The van der Waals surface area contributed by atoms with Crippen molar-refractivity contribution >= 4 is 0 Å². The molecule has 0 amide bonds. The first-order valence-electron chi connectivity index (χ1n) is 12.9. The zero-order valence-electron chi connectivity index (χ0n) is 20.5. The molecule has 31 heavy (non-hydrogen) atoms. The van der Waals surface area contributed by atoms with E-state index in [0.717, 1.165) is 18.9 Å². The van der Waals surface area contributed by atoms with Crippen LogP contribution in [0.15, 0.2) is 47.2 Å². The van der Waals surface area contributed by atoms with Crippen molar-refractivity contribution in [3.05, 3.63) is 47.2 Å². The molecule has 0 bridgehead atoms. The molecule has 5 rings (SSSR count). The van der Waals surface area contributed by atoms with Gasteiger partial charge in [0.2, 0.25) is 0 Å². The van der Waals surface area contributed by atoms with E-state index in [1.165, 1.54) is 45.1 Å². The van der Waals surface area contributed by atoms with Crippen LogP contribution in [0, 0.1) is 34.0 Å². The Balaban J connectivity index is 1.41. The zero-order valence-corrected chi connectivity index (χ0v) is 20.5. The summed E-state index contributed by atoms with van der Waals surface area (Å²) in [4.78, 5) is 2.49. The fourth-order valence-electron chi connectivity index (χ4n) is 8.72. The van der Waals surface area contributed by atoms with Gasteiger partial charge in [0.25, 0.3) is 0 Å². The first-order valence-corrected chi connectivity index (χ1v) is 12.9. The van der Waals surface area contributed by atoms with E-state index < -0.39 is 0 Å². The maximum Gasteiger partial charge on any atom is 0.0594 e. The maximum absolute atomic E-state index is 10.8. The molecule has 2 heteroatoms. The van der Waals surface area contributed by atoms with E-state index in [9.17, 15) is 5.11 Å². The number of fused-ring (bicyclic) bond motifs is 4. The average molecular weight is 422 g/mol. The second-order valence-electron chi connectivity index (χ2n) is 12.4. The summed E-state index contributed by atoms with van der Waals surface area (Å²) in [7, 11) is 0. The summed E-state index contributed by atoms with van der Waals surface area (Å²) in [6.45, 7) is 14.5. The molecule has 1 saturated carbocycles. The Bertz CT molecular complexity index is 860. The molecule has 1 fully saturated rings. The Morgan fingerprint density at radius 2 is 1.87 bits per heavy atom. The summed E-state index contributed by atoms with van der Waals surface area (Å²) in [5.41, 5.74) is 5.92. The number of aliphatic hydroxyl groups is 1. The topological polar surface area (TPSA) is 23.5 Å². The summed E-state index contributed by atoms with van der Waals surface area (Å²) < 4.78 is 0. The highest BCUT2D eigenvalue weighted by molar-refractivity contribution is 5.49. The summed E-state index contributed by atoms with van der Waals surface area (Å²) >= 11 is 0. The van der Waals surface area contributed by atoms with Crippen LogP contribution in [0.2, 0.25) is 0 Å². The van der Waals surface area contributed by atoms with E-state index in [1.807, 2.05) is 0 Å². The fraction of sp³-hybridized carbons (Fsp3) is 0.724. The molecule has 0 saturated heterocycles. The van der Waals surface area contributed by atoms with Crippen molar-refractivity contribution in [3.8, 4) is 0 Å². The Morgan fingerprint density at radius 3 is 2.61 bits per heavy atom. The molecule has 0 unspecified atom stereocenters. The van der Waals surface area contributed by atoms with Crippen molar-refractivity contribution in [2.45, 2.75) is 85.7 Å². The van der Waals surface area contributed by atoms with Crippen LogP contribution in [0.25, 0.3) is 0 Å². The van der Waals surface area contributed by atoms with Gasteiger partial charge in [-0.25, -0.2) is 0 Å². The van der Waals surface area contributed by atoms with Crippen molar-refractivity contribution < 1.29 is 5.11 Å². The predicted molar refractivity (Wildman–Crippen MR) is 129 cm³/mol. The third kappa shape index (κ3) is 3.15. The average Bonchev–Trinajstić information content (AvgIpc) is 3.09. The number of nitrogens with zero attached hydrogens (tertiary/aromatic N) is 1. The van der Waals surface area contributed by atoms with E-state index in [1.54, 1.807) is 16.7 Å². The lowest BCUT2D eigenvalue weighted by Gasteiger charge is -2.59. The van der Waals surface area contributed by atoms with Crippen LogP contribution in [0.5, 0.6) is 0 Å². The normalized spacial score (nSPS) is 42.1. The van der Waals surface area contributed by atoms with Crippen molar-refractivity contribution in [1.29, 1.82) is 0 Å². The van der Waals surface area contributed by atoms with Crippen LogP contribution in [0.4, 0.5) is 0 Å². The molecule has 1 heterocycles. The number of rotatable bonds is 3. The van der Waals surface area contributed by atoms with Crippen LogP contribution in [0.1, 0.15) is 79.6 Å². The van der Waals surface area contributed by atoms with Crippen LogP contribution in [0.3, 0.4) is 0 Å². The third-order valence-corrected chi connectivity index (χ3v) is 10.5. The lowest BCUT2D eigenvalue weighted by Crippen LogP contribution is -2.53. The van der Waals surface area contributed by atoms with Crippen LogP contribution < -0.4 is 0 Å². The second-order valence-corrected chi connectivity index (χ2v) is 12.4. The van der Waals surface area contributed by atoms with E-state index in [-0.39, 0.29) is 16.9 Å². The molecule has 0 aromatic heterocycles. The molecule has 0 aromatic carbocycles. The minimum absolute atomic E-state index is 0.0315. The van der Waals surface area contributed by atoms with Gasteiger partial charge in [0.15, 0.2) is 0 Å². The number of allylic oxidation sites excluding steroid dienone is 6. The van der Waals surface area contributed by atoms with E-state index in [2.05, 4.69) is 70.0 Å². The highest BCUT2D eigenvalue weighted by Crippen LogP contribution is 2.66. The van der Waals surface area contributed by atoms with E-state index in [4.69, 9.17) is 0 Å². The summed E-state index contributed by atoms with van der Waals surface area (Å²) in [5, 5.41) is 10.8. The molecule has 170 valence electrons. The molecule has 4 aliphatic carbocycles. The monoisotopic (exact) mass is 421 g/mol. The standard InChI is InChI=1S/C29H43NO/c1-20(19-30-17-7-6-8-18-30)22-10-11-23-21-9-12-25-27(2,3)26(31)14-16-29(25,5)24(21)13-15-28(22,23)4/h6-8,11,17,20,22,25-26,31H,9-10,12-16,18-19H2,1-5H3/t20-,22-,25+,26+,28-,29-/m1/s1. The Kier molecular flexibility index (Phi) is 5.13. The van der Waals surface area contributed by atoms with Crippen molar-refractivity contribution in [3.63, 3.8) is 0 Å². The van der Waals surface area contributed by atoms with Crippen molar-refractivity contribution in [1.82, 2.24) is 4.90 Å². The molecule has 5 aliphatic rings. The lowest BCUT2D eigenvalue weighted by atomic mass is 9.46. The van der Waals surface area contributed by atoms with Gasteiger partial charge in [-0.15, -0.1) is 0 Å². The van der Waals surface area contributed by atoms with Gasteiger partial charge in [-0.05, 0) is 102 Å². The Hall–Kier alpha value is -1.28. The molecule has 0 spiro atoms. The first-order chi connectivity index (χ1) is 14.7. The third-order valence-electron chi connectivity index (χ3n) is 10.5. The van der Waals surface area contributed by atoms with Gasteiger partial charge in [0.05, 0.1) is 6.10 Å². The van der Waals surface area contributed by atoms with Gasteiger partial charge < -0.3 is 10.0 Å². The Labute approximate surface area is 190 Å². The smallest absolute Gasteiger partial charge is 0.0594 e. The molecular weight excluding hydrogens is 378 g/mol. The minimum atomic E-state index is -0.142. The van der Waals surface area contributed by atoms with Crippen LogP contribution >= 0.6 is 0 Å². The lowest BCUT2D eigenvalue weighted by molar-refractivity contribution is -0.0905. The minimum Gasteiger partial charge on any atom is -0.393 e. The highest BCUT2D eigenvalue weighted by atomic mass is 16.3. The molecule has 0 radical (unpaired) electrons. The fourth-order valence-corrected chi connectivity index (χ4v) is 8.72. The molecular formula is C29H43NO. The molecule has 1 aliphatic heterocycles. The van der Waals surface area contributed by atoms with Crippen molar-refractivity contribution in [2.24, 2.45) is 34.0 Å². The SMILES string of the molecule is C[C@H](CN1C=CC=CC1)[C@H]1CC=C2C3=C(CC[C@@]21C)[C@@]1(C)CC[C@H](O)C(C)(C)[C@@H]1CC3. The first kappa shape index (κ1) is 21.6. The zero-order chi connectivity index (χ0) is 22.0. The second kappa shape index (κ2) is 7.37. The quantitative estimate of drug-likeness (QED) is 0.551. The number of hydrogen-bond acceptors (Lipinski definition) is 2. The molecule has 2 nitrogen and oxygen atoms in total. The van der Waals surface area contributed by atoms with E-state index >= 15 is 0 Å². The van der Waals surface area contributed by atoms with Gasteiger partial charge in [0.1, 0.15) is 0 Å². The maximum atomic E-state index is 10.8. The summed E-state index contributed by atoms with van der Waals surface area (Å²) in [6, 6.07) is 0. The summed E-state index contributed by atoms with van der Waals surface area (Å²) in [5.74, 6) is 2.07. The van der Waals surface area contributed by atoms with Gasteiger partial charge >= 0.3 is 0 Å². The summed E-state index contributed by atoms with van der Waals surface area (Å²) in [6.07, 6.45) is 19.8. The van der Waals surface area contributed by atoms with Crippen LogP contribution in [-0.4, -0.2) is 29.2 Å². The van der Waals surface area contributed by atoms with Gasteiger partial charge in [-0.1, -0.05) is 58.4 Å². The largest absolute Gasteiger partial charge is 0.393 e. The highest BCUT2D eigenvalue weighted by Gasteiger charge is 2.57. The van der Waals surface area contributed by atoms with Gasteiger partial charge in [-0.3, -0.25) is 0 Å². The van der Waals surface area contributed by atoms with Crippen molar-refractivity contribution in [2.75, 3.05) is 13.1 Å². The van der Waals surface area contributed by atoms with E-state index in [0.29, 0.717) is 17.3 Å². The molecule has 6 atom stereocenters. The Morgan fingerprint density at radius 1 is 1.06 bits per heavy atom. The predicted octanol–water partition coefficient (Wildman–Crippen LogP) is 6.65. The molecule has 1 N–H and O–H groups in total. The van der Waals surface area contributed by atoms with Gasteiger partial charge in [0, 0.05) is 13.1 Å². The molecule has 0 aromatic rings. The van der Waals surface area contributed by atoms with Gasteiger partial charge in [-0.2, -0.15) is 0 Å². The van der Waals surface area contributed by atoms with Crippen LogP contribution in [-0.2, 0) is 0 Å². The number of aliphatic hydroxyl groups excluding tert-OH is 1.